The first-order valence-corrected chi connectivity index (χ1v) is 7.31. The van der Waals surface area contributed by atoms with Crippen molar-refractivity contribution >= 4 is 11.6 Å². The quantitative estimate of drug-likeness (QED) is 0.901. The molecule has 1 unspecified atom stereocenters. The standard InChI is InChI=1S/C17H19N3O/c21-17(19-10-7-13-5-8-18-9-6-13)15-11-14-3-1-2-4-16(14)20-12-15/h1-6,8-9,15,20H,7,10-12H2,(H,19,21). The van der Waals surface area contributed by atoms with Gasteiger partial charge in [0.05, 0.1) is 5.92 Å². The molecule has 4 heteroatoms. The molecular weight excluding hydrogens is 262 g/mol. The van der Waals surface area contributed by atoms with Crippen molar-refractivity contribution in [1.82, 2.24) is 10.3 Å². The zero-order chi connectivity index (χ0) is 14.5. The van der Waals surface area contributed by atoms with Crippen LogP contribution in [0.3, 0.4) is 0 Å². The van der Waals surface area contributed by atoms with Gasteiger partial charge in [-0.25, -0.2) is 0 Å². The first kappa shape index (κ1) is 13.6. The molecule has 0 saturated heterocycles. The molecule has 2 N–H and O–H groups in total. The normalized spacial score (nSPS) is 16.7. The fourth-order valence-corrected chi connectivity index (χ4v) is 2.65. The van der Waals surface area contributed by atoms with Crippen molar-refractivity contribution in [2.75, 3.05) is 18.4 Å². The maximum Gasteiger partial charge on any atom is 0.225 e. The number of amides is 1. The number of pyridine rings is 1. The number of carbonyl (C=O) groups is 1. The molecule has 1 aromatic carbocycles. The van der Waals surface area contributed by atoms with E-state index in [9.17, 15) is 4.79 Å². The third-order valence-electron chi connectivity index (χ3n) is 3.86. The van der Waals surface area contributed by atoms with Crippen molar-refractivity contribution in [3.8, 4) is 0 Å². The molecule has 0 saturated carbocycles. The molecular formula is C17H19N3O. The van der Waals surface area contributed by atoms with Gasteiger partial charge in [0, 0.05) is 31.2 Å². The van der Waals surface area contributed by atoms with Gasteiger partial charge in [0.1, 0.15) is 0 Å². The molecule has 1 aliphatic rings. The maximum atomic E-state index is 12.2. The fourth-order valence-electron chi connectivity index (χ4n) is 2.65. The highest BCUT2D eigenvalue weighted by Crippen LogP contribution is 2.24. The van der Waals surface area contributed by atoms with Gasteiger partial charge < -0.3 is 10.6 Å². The lowest BCUT2D eigenvalue weighted by Crippen LogP contribution is -2.38. The molecule has 0 radical (unpaired) electrons. The molecule has 1 aliphatic heterocycles. The second-order valence-corrected chi connectivity index (χ2v) is 5.34. The Morgan fingerprint density at radius 3 is 2.90 bits per heavy atom. The molecule has 2 aromatic rings. The van der Waals surface area contributed by atoms with Crippen LogP contribution in [0.25, 0.3) is 0 Å². The topological polar surface area (TPSA) is 54.0 Å². The lowest BCUT2D eigenvalue weighted by molar-refractivity contribution is -0.124. The van der Waals surface area contributed by atoms with Gasteiger partial charge >= 0.3 is 0 Å². The number of nitrogens with zero attached hydrogens (tertiary/aromatic N) is 1. The van der Waals surface area contributed by atoms with Gasteiger partial charge in [-0.3, -0.25) is 9.78 Å². The Bertz CT molecular complexity index is 612. The monoisotopic (exact) mass is 281 g/mol. The lowest BCUT2D eigenvalue weighted by atomic mass is 9.93. The summed E-state index contributed by atoms with van der Waals surface area (Å²) in [5, 5.41) is 6.36. The number of hydrogen-bond donors (Lipinski definition) is 2. The fraction of sp³-hybridized carbons (Fsp3) is 0.294. The minimum absolute atomic E-state index is 0.0114. The number of nitrogens with one attached hydrogen (secondary N) is 2. The summed E-state index contributed by atoms with van der Waals surface area (Å²) in [5.74, 6) is 0.142. The van der Waals surface area contributed by atoms with Crippen molar-refractivity contribution < 1.29 is 4.79 Å². The summed E-state index contributed by atoms with van der Waals surface area (Å²) in [4.78, 5) is 16.2. The van der Waals surface area contributed by atoms with Crippen molar-refractivity contribution in [2.24, 2.45) is 5.92 Å². The highest BCUT2D eigenvalue weighted by molar-refractivity contribution is 5.80. The molecule has 2 heterocycles. The van der Waals surface area contributed by atoms with Crippen LogP contribution in [0.4, 0.5) is 5.69 Å². The highest BCUT2D eigenvalue weighted by atomic mass is 16.1. The number of benzene rings is 1. The second-order valence-electron chi connectivity index (χ2n) is 5.34. The molecule has 0 fully saturated rings. The van der Waals surface area contributed by atoms with Gasteiger partial charge in [0.15, 0.2) is 0 Å². The Hall–Kier alpha value is -2.36. The number of carbonyl (C=O) groups excluding carboxylic acids is 1. The van der Waals surface area contributed by atoms with E-state index in [1.165, 1.54) is 11.1 Å². The second kappa shape index (κ2) is 6.39. The van der Waals surface area contributed by atoms with Gasteiger partial charge in [-0.2, -0.15) is 0 Å². The summed E-state index contributed by atoms with van der Waals surface area (Å²) in [6.07, 6.45) is 5.20. The molecule has 1 atom stereocenters. The molecule has 4 nitrogen and oxygen atoms in total. The van der Waals surface area contributed by atoms with Crippen LogP contribution >= 0.6 is 0 Å². The van der Waals surface area contributed by atoms with Crippen molar-refractivity contribution in [1.29, 1.82) is 0 Å². The van der Waals surface area contributed by atoms with E-state index in [1.807, 2.05) is 24.3 Å². The van der Waals surface area contributed by atoms with Crippen molar-refractivity contribution in [3.05, 3.63) is 59.9 Å². The van der Waals surface area contributed by atoms with Gasteiger partial charge in [-0.15, -0.1) is 0 Å². The Balaban J connectivity index is 1.50. The first-order chi connectivity index (χ1) is 10.3. The van der Waals surface area contributed by atoms with E-state index in [0.717, 1.165) is 18.5 Å². The molecule has 0 spiro atoms. The zero-order valence-electron chi connectivity index (χ0n) is 11.9. The molecule has 0 bridgehead atoms. The summed E-state index contributed by atoms with van der Waals surface area (Å²) >= 11 is 0. The van der Waals surface area contributed by atoms with Gasteiger partial charge in [0.2, 0.25) is 5.91 Å². The Morgan fingerprint density at radius 1 is 1.24 bits per heavy atom. The number of fused-ring (bicyclic) bond motifs is 1. The lowest BCUT2D eigenvalue weighted by Gasteiger charge is -2.25. The Kier molecular flexibility index (Phi) is 4.15. The predicted octanol–water partition coefficient (Wildman–Crippen LogP) is 2.02. The summed E-state index contributed by atoms with van der Waals surface area (Å²) < 4.78 is 0. The largest absolute Gasteiger partial charge is 0.384 e. The van der Waals surface area contributed by atoms with Crippen LogP contribution in [0.5, 0.6) is 0 Å². The van der Waals surface area contributed by atoms with E-state index < -0.39 is 0 Å². The summed E-state index contributed by atoms with van der Waals surface area (Å²) in [6, 6.07) is 12.1. The molecule has 0 aliphatic carbocycles. The van der Waals surface area contributed by atoms with E-state index in [0.29, 0.717) is 13.1 Å². The highest BCUT2D eigenvalue weighted by Gasteiger charge is 2.23. The van der Waals surface area contributed by atoms with E-state index in [2.05, 4.69) is 27.8 Å². The molecule has 108 valence electrons. The maximum absolute atomic E-state index is 12.2. The minimum Gasteiger partial charge on any atom is -0.384 e. The van der Waals surface area contributed by atoms with Crippen molar-refractivity contribution in [3.63, 3.8) is 0 Å². The van der Waals surface area contributed by atoms with Crippen LogP contribution in [0.15, 0.2) is 48.8 Å². The zero-order valence-corrected chi connectivity index (χ0v) is 11.9. The molecule has 1 aromatic heterocycles. The Labute approximate surface area is 124 Å². The Morgan fingerprint density at radius 2 is 2.05 bits per heavy atom. The summed E-state index contributed by atoms with van der Waals surface area (Å²) in [5.41, 5.74) is 3.56. The summed E-state index contributed by atoms with van der Waals surface area (Å²) in [6.45, 7) is 1.37. The molecule has 21 heavy (non-hydrogen) atoms. The smallest absolute Gasteiger partial charge is 0.225 e. The SMILES string of the molecule is O=C(NCCc1ccncc1)C1CNc2ccccc2C1. The molecule has 1 amide bonds. The van der Waals surface area contributed by atoms with E-state index in [4.69, 9.17) is 0 Å². The summed E-state index contributed by atoms with van der Waals surface area (Å²) in [7, 11) is 0. The number of rotatable bonds is 4. The van der Waals surface area contributed by atoms with Gasteiger partial charge in [-0.05, 0) is 42.2 Å². The van der Waals surface area contributed by atoms with Crippen LogP contribution in [-0.4, -0.2) is 24.0 Å². The van der Waals surface area contributed by atoms with Crippen LogP contribution in [0.1, 0.15) is 11.1 Å². The third kappa shape index (κ3) is 3.40. The van der Waals surface area contributed by atoms with Gasteiger partial charge in [0.25, 0.3) is 0 Å². The van der Waals surface area contributed by atoms with Crippen LogP contribution < -0.4 is 10.6 Å². The van der Waals surface area contributed by atoms with Crippen molar-refractivity contribution in [2.45, 2.75) is 12.8 Å². The average Bonchev–Trinajstić information content (AvgIpc) is 2.55. The van der Waals surface area contributed by atoms with Crippen LogP contribution in [0, 0.1) is 5.92 Å². The number of aromatic nitrogens is 1. The number of hydrogen-bond acceptors (Lipinski definition) is 3. The molecule has 3 rings (SSSR count). The predicted molar refractivity (Wildman–Crippen MR) is 83.1 cm³/mol. The van der Waals surface area contributed by atoms with Crippen LogP contribution in [0.2, 0.25) is 0 Å². The van der Waals surface area contributed by atoms with E-state index in [1.54, 1.807) is 12.4 Å². The van der Waals surface area contributed by atoms with E-state index in [-0.39, 0.29) is 11.8 Å². The first-order valence-electron chi connectivity index (χ1n) is 7.31. The van der Waals surface area contributed by atoms with Crippen LogP contribution in [-0.2, 0) is 17.6 Å². The number of anilines is 1. The number of para-hydroxylation sites is 1. The average molecular weight is 281 g/mol. The van der Waals surface area contributed by atoms with Gasteiger partial charge in [-0.1, -0.05) is 18.2 Å². The van der Waals surface area contributed by atoms with E-state index >= 15 is 0 Å². The third-order valence-corrected chi connectivity index (χ3v) is 3.86. The minimum atomic E-state index is 0.0114.